The number of rotatable bonds is 6. The summed E-state index contributed by atoms with van der Waals surface area (Å²) in [6.45, 7) is 6.62. The monoisotopic (exact) mass is 257 g/mol. The van der Waals surface area contributed by atoms with Gasteiger partial charge in [0.25, 0.3) is 0 Å². The van der Waals surface area contributed by atoms with Crippen LogP contribution >= 0.6 is 0 Å². The van der Waals surface area contributed by atoms with Crippen molar-refractivity contribution in [1.29, 1.82) is 0 Å². The molecule has 0 radical (unpaired) electrons. The van der Waals surface area contributed by atoms with Crippen LogP contribution in [0.3, 0.4) is 0 Å². The molecule has 102 valence electrons. The van der Waals surface area contributed by atoms with Crippen LogP contribution in [0, 0.1) is 6.92 Å². The number of aryl methyl sites for hydroxylation is 1. The Bertz CT molecular complexity index is 490. The fourth-order valence-corrected chi connectivity index (χ4v) is 2.50. The van der Waals surface area contributed by atoms with E-state index in [1.807, 2.05) is 12.1 Å². The van der Waals surface area contributed by atoms with E-state index >= 15 is 0 Å². The molecular formula is C17H23NO. The molecule has 2 unspecified atom stereocenters. The first-order valence-electron chi connectivity index (χ1n) is 6.98. The van der Waals surface area contributed by atoms with Gasteiger partial charge < -0.3 is 9.73 Å². The molecule has 1 heterocycles. The Hall–Kier alpha value is -1.54. The van der Waals surface area contributed by atoms with Crippen LogP contribution in [0.4, 0.5) is 0 Å². The van der Waals surface area contributed by atoms with Gasteiger partial charge in [-0.15, -0.1) is 0 Å². The van der Waals surface area contributed by atoms with Crippen LogP contribution in [0.25, 0.3) is 0 Å². The summed E-state index contributed by atoms with van der Waals surface area (Å²) in [6.07, 6.45) is 3.74. The van der Waals surface area contributed by atoms with Crippen molar-refractivity contribution in [2.45, 2.75) is 45.7 Å². The Morgan fingerprint density at radius 1 is 1.00 bits per heavy atom. The molecular weight excluding hydrogens is 234 g/mol. The van der Waals surface area contributed by atoms with Crippen molar-refractivity contribution in [3.63, 3.8) is 0 Å². The highest BCUT2D eigenvalue weighted by atomic mass is 16.3. The third kappa shape index (κ3) is 4.25. The van der Waals surface area contributed by atoms with Crippen LogP contribution in [0.15, 0.2) is 47.1 Å². The van der Waals surface area contributed by atoms with Crippen LogP contribution < -0.4 is 5.32 Å². The third-order valence-corrected chi connectivity index (χ3v) is 3.44. The van der Waals surface area contributed by atoms with E-state index in [1.165, 1.54) is 11.1 Å². The SMILES string of the molecule is Cc1ccccc1CC(C)NC(C)Cc1ccco1. The molecule has 1 aromatic heterocycles. The molecule has 0 aliphatic heterocycles. The highest BCUT2D eigenvalue weighted by molar-refractivity contribution is 5.26. The minimum atomic E-state index is 0.421. The molecule has 2 heteroatoms. The van der Waals surface area contributed by atoms with Gasteiger partial charge in [-0.1, -0.05) is 24.3 Å². The number of hydrogen-bond acceptors (Lipinski definition) is 2. The van der Waals surface area contributed by atoms with Crippen LogP contribution in [0.1, 0.15) is 30.7 Å². The van der Waals surface area contributed by atoms with E-state index < -0.39 is 0 Å². The average molecular weight is 257 g/mol. The zero-order valence-electron chi connectivity index (χ0n) is 12.0. The molecule has 1 N–H and O–H groups in total. The van der Waals surface area contributed by atoms with Gasteiger partial charge in [0.1, 0.15) is 5.76 Å². The summed E-state index contributed by atoms with van der Waals surface area (Å²) in [7, 11) is 0. The number of hydrogen-bond donors (Lipinski definition) is 1. The maximum absolute atomic E-state index is 5.38. The lowest BCUT2D eigenvalue weighted by Crippen LogP contribution is -2.37. The zero-order valence-corrected chi connectivity index (χ0v) is 12.0. The smallest absolute Gasteiger partial charge is 0.105 e. The van der Waals surface area contributed by atoms with Crippen molar-refractivity contribution >= 4 is 0 Å². The maximum Gasteiger partial charge on any atom is 0.105 e. The zero-order chi connectivity index (χ0) is 13.7. The maximum atomic E-state index is 5.38. The van der Waals surface area contributed by atoms with Crippen molar-refractivity contribution in [3.8, 4) is 0 Å². The van der Waals surface area contributed by atoms with E-state index in [0.717, 1.165) is 18.6 Å². The van der Waals surface area contributed by atoms with E-state index in [1.54, 1.807) is 6.26 Å². The first-order chi connectivity index (χ1) is 9.15. The van der Waals surface area contributed by atoms with E-state index in [4.69, 9.17) is 4.42 Å². The highest BCUT2D eigenvalue weighted by Crippen LogP contribution is 2.11. The first kappa shape index (κ1) is 13.9. The summed E-state index contributed by atoms with van der Waals surface area (Å²) < 4.78 is 5.38. The van der Waals surface area contributed by atoms with Gasteiger partial charge in [-0.25, -0.2) is 0 Å². The summed E-state index contributed by atoms with van der Waals surface area (Å²) in [5.41, 5.74) is 2.79. The number of nitrogens with one attached hydrogen (secondary N) is 1. The predicted molar refractivity (Wildman–Crippen MR) is 79.4 cm³/mol. The van der Waals surface area contributed by atoms with Gasteiger partial charge in [0, 0.05) is 18.5 Å². The molecule has 0 amide bonds. The Morgan fingerprint density at radius 2 is 1.74 bits per heavy atom. The minimum absolute atomic E-state index is 0.421. The Labute approximate surface area is 115 Å². The van der Waals surface area contributed by atoms with Crippen LogP contribution in [0.2, 0.25) is 0 Å². The molecule has 2 atom stereocenters. The van der Waals surface area contributed by atoms with E-state index in [-0.39, 0.29) is 0 Å². The normalized spacial score (nSPS) is 14.3. The summed E-state index contributed by atoms with van der Waals surface area (Å²) >= 11 is 0. The van der Waals surface area contributed by atoms with Crippen molar-refractivity contribution in [3.05, 3.63) is 59.5 Å². The standard InChI is InChI=1S/C17H23NO/c1-13-7-4-5-8-16(13)11-14(2)18-15(3)12-17-9-6-10-19-17/h4-10,14-15,18H,11-12H2,1-3H3. The fourth-order valence-electron chi connectivity index (χ4n) is 2.50. The van der Waals surface area contributed by atoms with E-state index in [2.05, 4.69) is 50.4 Å². The van der Waals surface area contributed by atoms with Gasteiger partial charge in [-0.05, 0) is 50.5 Å². The molecule has 1 aromatic carbocycles. The lowest BCUT2D eigenvalue weighted by Gasteiger charge is -2.20. The lowest BCUT2D eigenvalue weighted by molar-refractivity contribution is 0.422. The molecule has 0 bridgehead atoms. The predicted octanol–water partition coefficient (Wildman–Crippen LogP) is 3.74. The van der Waals surface area contributed by atoms with Crippen molar-refractivity contribution in [2.75, 3.05) is 0 Å². The van der Waals surface area contributed by atoms with Crippen molar-refractivity contribution in [2.24, 2.45) is 0 Å². The summed E-state index contributed by atoms with van der Waals surface area (Å²) in [5.74, 6) is 1.04. The van der Waals surface area contributed by atoms with Gasteiger partial charge in [0.2, 0.25) is 0 Å². The Balaban J connectivity index is 1.84. The molecule has 0 spiro atoms. The number of furan rings is 1. The van der Waals surface area contributed by atoms with Gasteiger partial charge in [0.15, 0.2) is 0 Å². The van der Waals surface area contributed by atoms with Crippen molar-refractivity contribution in [1.82, 2.24) is 5.32 Å². The van der Waals surface area contributed by atoms with Gasteiger partial charge >= 0.3 is 0 Å². The first-order valence-corrected chi connectivity index (χ1v) is 6.98. The quantitative estimate of drug-likeness (QED) is 0.852. The second kappa shape index (κ2) is 6.58. The molecule has 19 heavy (non-hydrogen) atoms. The van der Waals surface area contributed by atoms with E-state index in [0.29, 0.717) is 12.1 Å². The number of benzene rings is 1. The molecule has 2 aromatic rings. The molecule has 2 nitrogen and oxygen atoms in total. The van der Waals surface area contributed by atoms with Gasteiger partial charge in [-0.3, -0.25) is 0 Å². The molecule has 0 saturated carbocycles. The highest BCUT2D eigenvalue weighted by Gasteiger charge is 2.10. The Morgan fingerprint density at radius 3 is 2.42 bits per heavy atom. The lowest BCUT2D eigenvalue weighted by atomic mass is 10.0. The second-order valence-corrected chi connectivity index (χ2v) is 5.38. The Kier molecular flexibility index (Phi) is 4.80. The minimum Gasteiger partial charge on any atom is -0.469 e. The largest absolute Gasteiger partial charge is 0.469 e. The third-order valence-electron chi connectivity index (χ3n) is 3.44. The molecule has 0 aliphatic carbocycles. The molecule has 0 fully saturated rings. The fraction of sp³-hybridized carbons (Fsp3) is 0.412. The second-order valence-electron chi connectivity index (χ2n) is 5.38. The van der Waals surface area contributed by atoms with Crippen LogP contribution in [-0.4, -0.2) is 12.1 Å². The van der Waals surface area contributed by atoms with Gasteiger partial charge in [-0.2, -0.15) is 0 Å². The van der Waals surface area contributed by atoms with Gasteiger partial charge in [0.05, 0.1) is 6.26 Å². The molecule has 0 saturated heterocycles. The van der Waals surface area contributed by atoms with Crippen LogP contribution in [-0.2, 0) is 12.8 Å². The average Bonchev–Trinajstić information content (AvgIpc) is 2.84. The van der Waals surface area contributed by atoms with Crippen LogP contribution in [0.5, 0.6) is 0 Å². The van der Waals surface area contributed by atoms with Crippen molar-refractivity contribution < 1.29 is 4.42 Å². The van der Waals surface area contributed by atoms with E-state index in [9.17, 15) is 0 Å². The summed E-state index contributed by atoms with van der Waals surface area (Å²) in [5, 5.41) is 3.63. The summed E-state index contributed by atoms with van der Waals surface area (Å²) in [6, 6.07) is 13.5. The molecule has 0 aliphatic rings. The topological polar surface area (TPSA) is 25.2 Å². The molecule has 2 rings (SSSR count). The summed E-state index contributed by atoms with van der Waals surface area (Å²) in [4.78, 5) is 0.